The van der Waals surface area contributed by atoms with Gasteiger partial charge in [-0.2, -0.15) is 0 Å². The van der Waals surface area contributed by atoms with Crippen LogP contribution < -0.4 is 0 Å². The molecule has 2 bridgehead atoms. The van der Waals surface area contributed by atoms with E-state index in [2.05, 4.69) is 6.92 Å². The smallest absolute Gasteiger partial charge is 0.192 e. The van der Waals surface area contributed by atoms with Crippen molar-refractivity contribution >= 4 is 0 Å². The van der Waals surface area contributed by atoms with Crippen LogP contribution in [0, 0.1) is 0 Å². The van der Waals surface area contributed by atoms with Gasteiger partial charge in [0.15, 0.2) is 5.79 Å². The van der Waals surface area contributed by atoms with E-state index in [1.165, 1.54) is 0 Å². The Bertz CT molecular complexity index is 233. The van der Waals surface area contributed by atoms with E-state index < -0.39 is 5.79 Å². The molecular formula is C11H20O4. The van der Waals surface area contributed by atoms with Crippen LogP contribution in [-0.4, -0.2) is 42.9 Å². The van der Waals surface area contributed by atoms with Crippen molar-refractivity contribution in [2.75, 3.05) is 20.3 Å². The molecular weight excluding hydrogens is 196 g/mol. The lowest BCUT2D eigenvalue weighted by Gasteiger charge is -2.43. The van der Waals surface area contributed by atoms with Gasteiger partial charge in [0.25, 0.3) is 0 Å². The van der Waals surface area contributed by atoms with E-state index in [0.717, 1.165) is 25.7 Å². The van der Waals surface area contributed by atoms with E-state index in [0.29, 0.717) is 6.61 Å². The van der Waals surface area contributed by atoms with Crippen molar-refractivity contribution in [2.24, 2.45) is 0 Å². The monoisotopic (exact) mass is 216 g/mol. The van der Waals surface area contributed by atoms with Crippen LogP contribution in [0.3, 0.4) is 0 Å². The minimum Gasteiger partial charge on any atom is -0.396 e. The molecule has 4 nitrogen and oxygen atoms in total. The van der Waals surface area contributed by atoms with E-state index in [9.17, 15) is 0 Å². The molecule has 88 valence electrons. The molecule has 0 aromatic rings. The minimum atomic E-state index is -0.497. The van der Waals surface area contributed by atoms with Gasteiger partial charge in [0, 0.05) is 20.1 Å². The van der Waals surface area contributed by atoms with Crippen molar-refractivity contribution < 1.29 is 19.3 Å². The van der Waals surface area contributed by atoms with Crippen LogP contribution in [0.5, 0.6) is 0 Å². The van der Waals surface area contributed by atoms with Crippen LogP contribution in [0.15, 0.2) is 0 Å². The zero-order valence-corrected chi connectivity index (χ0v) is 9.49. The summed E-state index contributed by atoms with van der Waals surface area (Å²) in [6.45, 7) is 2.78. The van der Waals surface area contributed by atoms with Gasteiger partial charge < -0.3 is 19.3 Å². The second-order valence-corrected chi connectivity index (χ2v) is 4.69. The highest BCUT2D eigenvalue weighted by molar-refractivity contribution is 4.97. The van der Waals surface area contributed by atoms with Gasteiger partial charge in [-0.3, -0.25) is 0 Å². The molecule has 15 heavy (non-hydrogen) atoms. The van der Waals surface area contributed by atoms with Crippen LogP contribution >= 0.6 is 0 Å². The van der Waals surface area contributed by atoms with Crippen molar-refractivity contribution in [2.45, 2.75) is 50.1 Å². The third-order valence-electron chi connectivity index (χ3n) is 3.65. The molecule has 2 rings (SSSR count). The summed E-state index contributed by atoms with van der Waals surface area (Å²) in [5, 5.41) is 8.86. The fourth-order valence-corrected chi connectivity index (χ4v) is 2.50. The summed E-state index contributed by atoms with van der Waals surface area (Å²) in [5.74, 6) is -0.497. The van der Waals surface area contributed by atoms with Crippen LogP contribution in [0.4, 0.5) is 0 Å². The first kappa shape index (κ1) is 11.3. The Hall–Kier alpha value is -0.160. The molecule has 4 heteroatoms. The molecule has 1 N–H and O–H groups in total. The number of methoxy groups -OCH3 is 1. The fraction of sp³-hybridized carbons (Fsp3) is 1.00. The third-order valence-corrected chi connectivity index (χ3v) is 3.65. The van der Waals surface area contributed by atoms with Gasteiger partial charge >= 0.3 is 0 Å². The summed E-state index contributed by atoms with van der Waals surface area (Å²) >= 11 is 0. The first-order valence-corrected chi connectivity index (χ1v) is 5.62. The second kappa shape index (κ2) is 4.01. The number of rotatable bonds is 4. The molecule has 3 atom stereocenters. The van der Waals surface area contributed by atoms with Gasteiger partial charge in [0.2, 0.25) is 0 Å². The zero-order valence-electron chi connectivity index (χ0n) is 9.49. The number of hydrogen-bond acceptors (Lipinski definition) is 4. The van der Waals surface area contributed by atoms with Gasteiger partial charge in [0.1, 0.15) is 6.61 Å². The van der Waals surface area contributed by atoms with Crippen molar-refractivity contribution in [1.82, 2.24) is 0 Å². The lowest BCUT2D eigenvalue weighted by Crippen LogP contribution is -2.53. The Morgan fingerprint density at radius 2 is 2.33 bits per heavy atom. The largest absolute Gasteiger partial charge is 0.396 e. The maximum absolute atomic E-state index is 8.86. The Labute approximate surface area is 90.5 Å². The van der Waals surface area contributed by atoms with Crippen LogP contribution in [-0.2, 0) is 14.2 Å². The van der Waals surface area contributed by atoms with E-state index in [1.807, 2.05) is 0 Å². The SMILES string of the molecule is COC12CC[C@H](O1)C(C)(CCCO)OC2. The fourth-order valence-electron chi connectivity index (χ4n) is 2.50. The molecule has 0 aromatic heterocycles. The Balaban J connectivity index is 2.01. The maximum Gasteiger partial charge on any atom is 0.192 e. The van der Waals surface area contributed by atoms with Crippen LogP contribution in [0.25, 0.3) is 0 Å². The van der Waals surface area contributed by atoms with Crippen molar-refractivity contribution in [1.29, 1.82) is 0 Å². The molecule has 2 unspecified atom stereocenters. The lowest BCUT2D eigenvalue weighted by atomic mass is 9.91. The van der Waals surface area contributed by atoms with Crippen molar-refractivity contribution in [3.8, 4) is 0 Å². The molecule has 2 aliphatic heterocycles. The van der Waals surface area contributed by atoms with E-state index in [4.69, 9.17) is 19.3 Å². The standard InChI is InChI=1S/C11H20O4/c1-10(5-3-7-12)9-4-6-11(13-2,15-9)8-14-10/h9,12H,3-8H2,1-2H3/t9-,10?,11?/m0/s1. The summed E-state index contributed by atoms with van der Waals surface area (Å²) in [5.41, 5.74) is -0.249. The van der Waals surface area contributed by atoms with Crippen molar-refractivity contribution in [3.05, 3.63) is 0 Å². The molecule has 0 saturated carbocycles. The summed E-state index contributed by atoms with van der Waals surface area (Å²) < 4.78 is 17.2. The summed E-state index contributed by atoms with van der Waals surface area (Å²) in [6, 6.07) is 0. The number of hydrogen-bond donors (Lipinski definition) is 1. The highest BCUT2D eigenvalue weighted by Crippen LogP contribution is 2.44. The quantitative estimate of drug-likeness (QED) is 0.763. The summed E-state index contributed by atoms with van der Waals surface area (Å²) in [7, 11) is 1.67. The topological polar surface area (TPSA) is 47.9 Å². The van der Waals surface area contributed by atoms with Gasteiger partial charge in [-0.05, 0) is 26.2 Å². The van der Waals surface area contributed by atoms with Crippen LogP contribution in [0.1, 0.15) is 32.6 Å². The number of aliphatic hydroxyl groups excluding tert-OH is 1. The molecule has 0 aliphatic carbocycles. The Morgan fingerprint density at radius 1 is 1.53 bits per heavy atom. The van der Waals surface area contributed by atoms with Gasteiger partial charge in [-0.1, -0.05) is 0 Å². The van der Waals surface area contributed by atoms with E-state index >= 15 is 0 Å². The first-order chi connectivity index (χ1) is 7.14. The molecule has 0 amide bonds. The highest BCUT2D eigenvalue weighted by Gasteiger charge is 2.53. The Kier molecular flexibility index (Phi) is 3.03. The average molecular weight is 216 g/mol. The molecule has 2 aliphatic rings. The highest BCUT2D eigenvalue weighted by atomic mass is 16.7. The molecule has 0 spiro atoms. The van der Waals surface area contributed by atoms with E-state index in [-0.39, 0.29) is 18.3 Å². The number of aliphatic hydroxyl groups is 1. The second-order valence-electron chi connectivity index (χ2n) is 4.69. The number of fused-ring (bicyclic) bond motifs is 2. The summed E-state index contributed by atoms with van der Waals surface area (Å²) in [4.78, 5) is 0. The lowest BCUT2D eigenvalue weighted by molar-refractivity contribution is -0.320. The minimum absolute atomic E-state index is 0.109. The zero-order chi connectivity index (χ0) is 10.9. The van der Waals surface area contributed by atoms with Gasteiger partial charge in [-0.15, -0.1) is 0 Å². The third kappa shape index (κ3) is 1.91. The van der Waals surface area contributed by atoms with E-state index in [1.54, 1.807) is 7.11 Å². The number of ether oxygens (including phenoxy) is 3. The van der Waals surface area contributed by atoms with Crippen LogP contribution in [0.2, 0.25) is 0 Å². The normalized spacial score (nSPS) is 44.6. The maximum atomic E-state index is 8.86. The van der Waals surface area contributed by atoms with Gasteiger partial charge in [0.05, 0.1) is 11.7 Å². The average Bonchev–Trinajstić information content (AvgIpc) is 2.64. The first-order valence-electron chi connectivity index (χ1n) is 5.62. The molecule has 2 heterocycles. The summed E-state index contributed by atoms with van der Waals surface area (Å²) in [6.07, 6.45) is 3.60. The predicted molar refractivity (Wildman–Crippen MR) is 54.5 cm³/mol. The molecule has 0 radical (unpaired) electrons. The van der Waals surface area contributed by atoms with Crippen molar-refractivity contribution in [3.63, 3.8) is 0 Å². The van der Waals surface area contributed by atoms with Gasteiger partial charge in [-0.25, -0.2) is 0 Å². The predicted octanol–water partition coefficient (Wildman–Crippen LogP) is 1.07. The molecule has 2 saturated heterocycles. The molecule has 2 fully saturated rings. The molecule has 0 aromatic carbocycles. The Morgan fingerprint density at radius 3 is 3.00 bits per heavy atom.